The van der Waals surface area contributed by atoms with E-state index in [-0.39, 0.29) is 5.82 Å². The van der Waals surface area contributed by atoms with Crippen LogP contribution in [-0.4, -0.2) is 29.7 Å². The molecule has 0 fully saturated rings. The lowest BCUT2D eigenvalue weighted by molar-refractivity contribution is -0.109. The van der Waals surface area contributed by atoms with Crippen LogP contribution in [0.4, 0.5) is 15.8 Å². The standard InChI is InChI=1S/C21H16BrFN4O/c22-17-5-1-2-7-20(17)27-21(14-28)26(16-10-8-15(23)9-11-16)13-19(25-27)18-6-3-4-12-24-18/h1-12,14,21H,13H2. The summed E-state index contributed by atoms with van der Waals surface area (Å²) in [7, 11) is 0. The van der Waals surface area contributed by atoms with Gasteiger partial charge < -0.3 is 4.90 Å². The average molecular weight is 439 g/mol. The number of aldehydes is 1. The van der Waals surface area contributed by atoms with Crippen molar-refractivity contribution in [2.75, 3.05) is 16.5 Å². The van der Waals surface area contributed by atoms with Gasteiger partial charge in [-0.25, -0.2) is 9.40 Å². The minimum Gasteiger partial charge on any atom is -0.338 e. The van der Waals surface area contributed by atoms with Crippen LogP contribution >= 0.6 is 15.9 Å². The van der Waals surface area contributed by atoms with E-state index in [1.54, 1.807) is 23.3 Å². The molecule has 140 valence electrons. The predicted molar refractivity (Wildman–Crippen MR) is 111 cm³/mol. The topological polar surface area (TPSA) is 48.8 Å². The summed E-state index contributed by atoms with van der Waals surface area (Å²) in [5.74, 6) is -0.329. The molecule has 0 saturated carbocycles. The number of pyridine rings is 1. The number of para-hydroxylation sites is 1. The summed E-state index contributed by atoms with van der Waals surface area (Å²) >= 11 is 3.54. The van der Waals surface area contributed by atoms with Gasteiger partial charge in [-0.1, -0.05) is 18.2 Å². The first-order valence-electron chi connectivity index (χ1n) is 8.67. The Hall–Kier alpha value is -3.06. The van der Waals surface area contributed by atoms with Gasteiger partial charge in [-0.2, -0.15) is 5.10 Å². The molecule has 4 rings (SSSR count). The molecule has 1 aliphatic heterocycles. The van der Waals surface area contributed by atoms with E-state index in [2.05, 4.69) is 20.9 Å². The second-order valence-corrected chi connectivity index (χ2v) is 7.07. The molecule has 1 unspecified atom stereocenters. The molecule has 1 atom stereocenters. The number of nitrogens with zero attached hydrogens (tertiary/aromatic N) is 4. The fraction of sp³-hybridized carbons (Fsp3) is 0.0952. The molecule has 2 heterocycles. The molecule has 5 nitrogen and oxygen atoms in total. The summed E-state index contributed by atoms with van der Waals surface area (Å²) in [6.07, 6.45) is 1.85. The molecule has 0 spiro atoms. The predicted octanol–water partition coefficient (Wildman–Crippen LogP) is 4.24. The number of hydrogen-bond acceptors (Lipinski definition) is 5. The molecular formula is C21H16BrFN4O. The number of benzene rings is 2. The molecule has 0 N–H and O–H groups in total. The third-order valence-electron chi connectivity index (χ3n) is 4.46. The summed E-state index contributed by atoms with van der Waals surface area (Å²) in [6, 6.07) is 19.2. The van der Waals surface area contributed by atoms with Crippen molar-refractivity contribution in [1.29, 1.82) is 0 Å². The maximum atomic E-state index is 13.4. The van der Waals surface area contributed by atoms with Crippen molar-refractivity contribution in [2.24, 2.45) is 5.10 Å². The van der Waals surface area contributed by atoms with Gasteiger partial charge in [0.2, 0.25) is 0 Å². The zero-order valence-electron chi connectivity index (χ0n) is 14.7. The van der Waals surface area contributed by atoms with E-state index in [1.807, 2.05) is 47.4 Å². The number of halogens is 2. The van der Waals surface area contributed by atoms with Crippen LogP contribution in [0.2, 0.25) is 0 Å². The van der Waals surface area contributed by atoms with Crippen molar-refractivity contribution in [1.82, 2.24) is 4.98 Å². The number of aromatic nitrogens is 1. The monoisotopic (exact) mass is 438 g/mol. The van der Waals surface area contributed by atoms with Crippen molar-refractivity contribution in [3.63, 3.8) is 0 Å². The molecule has 0 radical (unpaired) electrons. The number of hydrogen-bond donors (Lipinski definition) is 0. The van der Waals surface area contributed by atoms with Crippen LogP contribution in [0.3, 0.4) is 0 Å². The van der Waals surface area contributed by atoms with Gasteiger partial charge in [0.15, 0.2) is 12.5 Å². The Bertz CT molecular complexity index is 1010. The molecule has 28 heavy (non-hydrogen) atoms. The first-order valence-corrected chi connectivity index (χ1v) is 9.47. The minimum absolute atomic E-state index is 0.329. The van der Waals surface area contributed by atoms with Crippen LogP contribution < -0.4 is 9.91 Å². The maximum Gasteiger partial charge on any atom is 0.180 e. The fourth-order valence-electron chi connectivity index (χ4n) is 3.12. The van der Waals surface area contributed by atoms with Gasteiger partial charge in [0.1, 0.15) is 11.5 Å². The van der Waals surface area contributed by atoms with Crippen molar-refractivity contribution < 1.29 is 9.18 Å². The van der Waals surface area contributed by atoms with Crippen molar-refractivity contribution >= 4 is 39.3 Å². The molecule has 0 saturated heterocycles. The third-order valence-corrected chi connectivity index (χ3v) is 5.13. The van der Waals surface area contributed by atoms with Gasteiger partial charge in [0.25, 0.3) is 0 Å². The summed E-state index contributed by atoms with van der Waals surface area (Å²) in [5, 5.41) is 6.40. The third kappa shape index (κ3) is 3.53. The molecular weight excluding hydrogens is 423 g/mol. The Morgan fingerprint density at radius 1 is 1.04 bits per heavy atom. The highest BCUT2D eigenvalue weighted by Crippen LogP contribution is 2.32. The molecule has 0 aliphatic carbocycles. The quantitative estimate of drug-likeness (QED) is 0.571. The van der Waals surface area contributed by atoms with E-state index >= 15 is 0 Å². The van der Waals surface area contributed by atoms with Crippen LogP contribution in [0.15, 0.2) is 82.5 Å². The second kappa shape index (κ2) is 7.90. The van der Waals surface area contributed by atoms with E-state index in [4.69, 9.17) is 5.10 Å². The lowest BCUT2D eigenvalue weighted by atomic mass is 10.1. The number of anilines is 2. The van der Waals surface area contributed by atoms with Gasteiger partial charge in [0.05, 0.1) is 17.9 Å². The van der Waals surface area contributed by atoms with Crippen molar-refractivity contribution in [3.05, 3.63) is 88.9 Å². The van der Waals surface area contributed by atoms with Gasteiger partial charge in [0, 0.05) is 16.4 Å². The highest BCUT2D eigenvalue weighted by Gasteiger charge is 2.33. The molecule has 1 aliphatic rings. The van der Waals surface area contributed by atoms with E-state index in [9.17, 15) is 9.18 Å². The normalized spacial score (nSPS) is 16.6. The summed E-state index contributed by atoms with van der Waals surface area (Å²) in [6.45, 7) is 0.368. The van der Waals surface area contributed by atoms with E-state index in [1.165, 1.54) is 12.1 Å². The van der Waals surface area contributed by atoms with Crippen molar-refractivity contribution in [2.45, 2.75) is 6.17 Å². The number of hydrazone groups is 1. The lowest BCUT2D eigenvalue weighted by Crippen LogP contribution is -2.54. The molecule has 0 bridgehead atoms. The van der Waals surface area contributed by atoms with Crippen LogP contribution in [0, 0.1) is 5.82 Å². The van der Waals surface area contributed by atoms with E-state index in [0.717, 1.165) is 27.8 Å². The zero-order valence-corrected chi connectivity index (χ0v) is 16.3. The summed E-state index contributed by atoms with van der Waals surface area (Å²) in [5.41, 5.74) is 2.90. The van der Waals surface area contributed by atoms with Crippen LogP contribution in [0.5, 0.6) is 0 Å². The Morgan fingerprint density at radius 2 is 1.79 bits per heavy atom. The molecule has 0 amide bonds. The first-order chi connectivity index (χ1) is 13.7. The van der Waals surface area contributed by atoms with Crippen LogP contribution in [0.1, 0.15) is 5.69 Å². The first kappa shape index (κ1) is 18.3. The van der Waals surface area contributed by atoms with Gasteiger partial charge in [-0.05, 0) is 64.5 Å². The largest absolute Gasteiger partial charge is 0.338 e. The van der Waals surface area contributed by atoms with Crippen molar-refractivity contribution in [3.8, 4) is 0 Å². The van der Waals surface area contributed by atoms with Crippen LogP contribution in [0.25, 0.3) is 0 Å². The SMILES string of the molecule is O=CC1N(c2ccc(F)cc2)CC(c2ccccn2)=NN1c1ccccc1Br. The van der Waals surface area contributed by atoms with E-state index < -0.39 is 6.17 Å². The maximum absolute atomic E-state index is 13.4. The zero-order chi connectivity index (χ0) is 19.5. The van der Waals surface area contributed by atoms with Gasteiger partial charge in [-0.15, -0.1) is 0 Å². The lowest BCUT2D eigenvalue weighted by Gasteiger charge is -2.40. The summed E-state index contributed by atoms with van der Waals surface area (Å²) in [4.78, 5) is 18.4. The van der Waals surface area contributed by atoms with Gasteiger partial charge >= 0.3 is 0 Å². The summed E-state index contributed by atoms with van der Waals surface area (Å²) < 4.78 is 14.2. The number of carbonyl (C=O) groups is 1. The average Bonchev–Trinajstić information content (AvgIpc) is 2.74. The smallest absolute Gasteiger partial charge is 0.180 e. The Balaban J connectivity index is 1.85. The fourth-order valence-corrected chi connectivity index (χ4v) is 3.58. The molecule has 3 aromatic rings. The number of rotatable bonds is 4. The Labute approximate surface area is 170 Å². The highest BCUT2D eigenvalue weighted by molar-refractivity contribution is 9.10. The Morgan fingerprint density at radius 3 is 2.46 bits per heavy atom. The molecule has 1 aromatic heterocycles. The molecule has 2 aromatic carbocycles. The Kier molecular flexibility index (Phi) is 5.16. The molecule has 7 heteroatoms. The van der Waals surface area contributed by atoms with Gasteiger partial charge in [-0.3, -0.25) is 9.78 Å². The highest BCUT2D eigenvalue weighted by atomic mass is 79.9. The van der Waals surface area contributed by atoms with Crippen LogP contribution in [-0.2, 0) is 4.79 Å². The second-order valence-electron chi connectivity index (χ2n) is 6.21. The van der Waals surface area contributed by atoms with E-state index in [0.29, 0.717) is 12.3 Å². The minimum atomic E-state index is -0.684. The number of carbonyl (C=O) groups excluding carboxylic acids is 1.